The molecule has 1 unspecified atom stereocenters. The average molecular weight is 273 g/mol. The predicted octanol–water partition coefficient (Wildman–Crippen LogP) is 2.46. The number of hydrogen-bond acceptors (Lipinski definition) is 2. The highest BCUT2D eigenvalue weighted by molar-refractivity contribution is 5.99. The summed E-state index contributed by atoms with van der Waals surface area (Å²) in [5, 5.41) is 9.75. The molecular formula is C13H14F3NO2. The first-order valence-electron chi connectivity index (χ1n) is 5.90. The molecule has 1 aliphatic heterocycles. The highest BCUT2D eigenvalue weighted by Crippen LogP contribution is 2.41. The predicted molar refractivity (Wildman–Crippen MR) is 62.0 cm³/mol. The highest BCUT2D eigenvalue weighted by atomic mass is 19.2. The maximum Gasteiger partial charge on any atom is 0.321 e. The van der Waals surface area contributed by atoms with E-state index in [4.69, 9.17) is 0 Å². The van der Waals surface area contributed by atoms with Crippen LogP contribution in [-0.2, 0) is 5.98 Å². The molecule has 6 heteroatoms. The molecule has 0 aromatic heterocycles. The number of aliphatic hydroxyl groups is 1. The summed E-state index contributed by atoms with van der Waals surface area (Å²) in [6.45, 7) is 4.61. The van der Waals surface area contributed by atoms with Crippen LogP contribution in [0.3, 0.4) is 0 Å². The van der Waals surface area contributed by atoms with Crippen molar-refractivity contribution in [3.8, 4) is 0 Å². The third-order valence-corrected chi connectivity index (χ3v) is 3.09. The van der Waals surface area contributed by atoms with Crippen molar-refractivity contribution in [2.45, 2.75) is 26.7 Å². The zero-order chi connectivity index (χ0) is 14.5. The topological polar surface area (TPSA) is 40.5 Å². The molecule has 19 heavy (non-hydrogen) atoms. The van der Waals surface area contributed by atoms with Gasteiger partial charge in [-0.25, -0.2) is 8.78 Å². The summed E-state index contributed by atoms with van der Waals surface area (Å²) in [5.74, 6) is -7.05. The number of carbonyl (C=O) groups excluding carboxylic acids is 1. The highest BCUT2D eigenvalue weighted by Gasteiger charge is 2.52. The number of carbonyl (C=O) groups is 1. The van der Waals surface area contributed by atoms with Gasteiger partial charge in [-0.05, 0) is 24.5 Å². The number of benzene rings is 1. The van der Waals surface area contributed by atoms with Gasteiger partial charge in [-0.2, -0.15) is 4.39 Å². The summed E-state index contributed by atoms with van der Waals surface area (Å²) in [7, 11) is 0. The molecule has 1 N–H and O–H groups in total. The number of alkyl halides is 1. The maximum absolute atomic E-state index is 14.3. The van der Waals surface area contributed by atoms with Gasteiger partial charge in [-0.1, -0.05) is 13.8 Å². The number of halogens is 3. The van der Waals surface area contributed by atoms with Crippen molar-refractivity contribution in [3.05, 3.63) is 34.4 Å². The molecular weight excluding hydrogens is 259 g/mol. The largest absolute Gasteiger partial charge is 0.341 e. The summed E-state index contributed by atoms with van der Waals surface area (Å²) >= 11 is 0. The van der Waals surface area contributed by atoms with Crippen LogP contribution < -0.4 is 0 Å². The number of amides is 1. The fourth-order valence-electron chi connectivity index (χ4n) is 2.22. The monoisotopic (exact) mass is 273 g/mol. The molecule has 0 aliphatic carbocycles. The molecule has 0 saturated carbocycles. The van der Waals surface area contributed by atoms with E-state index >= 15 is 0 Å². The van der Waals surface area contributed by atoms with Crippen molar-refractivity contribution in [1.82, 2.24) is 4.90 Å². The Morgan fingerprint density at radius 1 is 1.37 bits per heavy atom. The van der Waals surface area contributed by atoms with Crippen LogP contribution in [0.15, 0.2) is 6.07 Å². The Morgan fingerprint density at radius 2 is 1.95 bits per heavy atom. The van der Waals surface area contributed by atoms with E-state index in [1.165, 1.54) is 6.92 Å². The summed E-state index contributed by atoms with van der Waals surface area (Å²) in [4.78, 5) is 12.5. The van der Waals surface area contributed by atoms with E-state index in [9.17, 15) is 23.1 Å². The Balaban J connectivity index is 2.64. The Labute approximate surface area is 108 Å². The lowest BCUT2D eigenvalue weighted by Gasteiger charge is -2.28. The van der Waals surface area contributed by atoms with E-state index in [1.54, 1.807) is 13.8 Å². The summed E-state index contributed by atoms with van der Waals surface area (Å²) in [5.41, 5.74) is -1.37. The zero-order valence-electron chi connectivity index (χ0n) is 10.8. The summed E-state index contributed by atoms with van der Waals surface area (Å²) in [6, 6.07) is 1.06. The Hall–Kier alpha value is -1.56. The first-order valence-corrected chi connectivity index (χ1v) is 5.90. The van der Waals surface area contributed by atoms with Crippen molar-refractivity contribution in [2.75, 3.05) is 6.54 Å². The third-order valence-electron chi connectivity index (χ3n) is 3.09. The normalized spacial score (nSPS) is 22.3. The van der Waals surface area contributed by atoms with Crippen LogP contribution in [0, 0.1) is 24.5 Å². The summed E-state index contributed by atoms with van der Waals surface area (Å²) in [6.07, 6.45) is 0. The van der Waals surface area contributed by atoms with Crippen molar-refractivity contribution in [1.29, 1.82) is 0 Å². The molecule has 0 fully saturated rings. The van der Waals surface area contributed by atoms with Crippen LogP contribution >= 0.6 is 0 Å². The Morgan fingerprint density at radius 3 is 2.47 bits per heavy atom. The van der Waals surface area contributed by atoms with Crippen LogP contribution in [0.25, 0.3) is 0 Å². The number of rotatable bonds is 2. The van der Waals surface area contributed by atoms with E-state index in [2.05, 4.69) is 0 Å². The fourth-order valence-corrected chi connectivity index (χ4v) is 2.22. The standard InChI is InChI=1S/C13H14F3NO2/c1-6(2)5-17-12(18)8-4-7(3)10(14)11(15)9(8)13(17,16)19/h4,6,19H,5H2,1-3H3. The van der Waals surface area contributed by atoms with E-state index in [-0.39, 0.29) is 23.6 Å². The van der Waals surface area contributed by atoms with Gasteiger partial charge in [0.05, 0.1) is 11.1 Å². The van der Waals surface area contributed by atoms with Crippen molar-refractivity contribution in [2.24, 2.45) is 5.92 Å². The van der Waals surface area contributed by atoms with Gasteiger partial charge in [0.15, 0.2) is 11.6 Å². The van der Waals surface area contributed by atoms with Gasteiger partial charge in [0.2, 0.25) is 0 Å². The molecule has 0 bridgehead atoms. The van der Waals surface area contributed by atoms with Gasteiger partial charge in [0, 0.05) is 6.54 Å². The second-order valence-electron chi connectivity index (χ2n) is 5.14. The zero-order valence-corrected chi connectivity index (χ0v) is 10.8. The molecule has 1 atom stereocenters. The van der Waals surface area contributed by atoms with E-state index in [1.807, 2.05) is 0 Å². The Kier molecular flexibility index (Phi) is 3.09. The molecule has 1 aromatic rings. The number of nitrogens with zero attached hydrogens (tertiary/aromatic N) is 1. The van der Waals surface area contributed by atoms with Gasteiger partial charge in [0.1, 0.15) is 0 Å². The van der Waals surface area contributed by atoms with Crippen LogP contribution in [0.1, 0.15) is 35.3 Å². The number of aryl methyl sites for hydroxylation is 1. The van der Waals surface area contributed by atoms with E-state index < -0.39 is 29.1 Å². The van der Waals surface area contributed by atoms with Crippen molar-refractivity contribution in [3.63, 3.8) is 0 Å². The molecule has 0 radical (unpaired) electrons. The fraction of sp³-hybridized carbons (Fsp3) is 0.462. The number of hydrogen-bond donors (Lipinski definition) is 1. The van der Waals surface area contributed by atoms with Crippen molar-refractivity contribution >= 4 is 5.91 Å². The van der Waals surface area contributed by atoms with Gasteiger partial charge >= 0.3 is 5.98 Å². The molecule has 2 rings (SSSR count). The summed E-state index contributed by atoms with van der Waals surface area (Å²) < 4.78 is 41.6. The van der Waals surface area contributed by atoms with E-state index in [0.29, 0.717) is 4.90 Å². The number of fused-ring (bicyclic) bond motifs is 1. The van der Waals surface area contributed by atoms with Gasteiger partial charge in [0.25, 0.3) is 5.91 Å². The van der Waals surface area contributed by atoms with Crippen LogP contribution in [-0.4, -0.2) is 22.5 Å². The van der Waals surface area contributed by atoms with Crippen LogP contribution in [0.5, 0.6) is 0 Å². The first kappa shape index (κ1) is 13.9. The third kappa shape index (κ3) is 1.90. The average Bonchev–Trinajstić information content (AvgIpc) is 2.47. The minimum atomic E-state index is -3.31. The second kappa shape index (κ2) is 4.23. The minimum absolute atomic E-state index is 0.0966. The van der Waals surface area contributed by atoms with Gasteiger partial charge < -0.3 is 5.11 Å². The molecule has 1 heterocycles. The molecule has 3 nitrogen and oxygen atoms in total. The smallest absolute Gasteiger partial charge is 0.321 e. The lowest BCUT2D eigenvalue weighted by atomic mass is 10.0. The quantitative estimate of drug-likeness (QED) is 0.841. The maximum atomic E-state index is 14.3. The van der Waals surface area contributed by atoms with Crippen LogP contribution in [0.2, 0.25) is 0 Å². The van der Waals surface area contributed by atoms with Gasteiger partial charge in [-0.3, -0.25) is 9.69 Å². The SMILES string of the molecule is Cc1cc2c(c(F)c1F)C(O)(F)N(CC(C)C)C2=O. The first-order chi connectivity index (χ1) is 8.67. The van der Waals surface area contributed by atoms with Gasteiger partial charge in [-0.15, -0.1) is 0 Å². The van der Waals surface area contributed by atoms with E-state index in [0.717, 1.165) is 6.07 Å². The van der Waals surface area contributed by atoms with Crippen molar-refractivity contribution < 1.29 is 23.1 Å². The Bertz CT molecular complexity index is 555. The molecule has 104 valence electrons. The molecule has 1 aliphatic rings. The molecule has 1 aromatic carbocycles. The van der Waals surface area contributed by atoms with Crippen LogP contribution in [0.4, 0.5) is 13.2 Å². The minimum Gasteiger partial charge on any atom is -0.341 e. The lowest BCUT2D eigenvalue weighted by molar-refractivity contribution is -0.193. The second-order valence-corrected chi connectivity index (χ2v) is 5.14. The molecule has 1 amide bonds. The molecule has 0 spiro atoms. The lowest BCUT2D eigenvalue weighted by Crippen LogP contribution is -2.42. The molecule has 0 saturated heterocycles.